The maximum atomic E-state index is 10.8. The lowest BCUT2D eigenvalue weighted by Crippen LogP contribution is -2.28. The van der Waals surface area contributed by atoms with Gasteiger partial charge in [0.2, 0.25) is 0 Å². The molecule has 15 heavy (non-hydrogen) atoms. The number of carbonyl (C=O) groups excluding carboxylic acids is 1. The molecule has 80 valence electrons. The summed E-state index contributed by atoms with van der Waals surface area (Å²) in [4.78, 5) is 10.8. The Morgan fingerprint density at radius 2 is 2.00 bits per heavy atom. The van der Waals surface area contributed by atoms with E-state index in [-0.39, 0.29) is 0 Å². The van der Waals surface area contributed by atoms with Crippen LogP contribution in [0.2, 0.25) is 0 Å². The van der Waals surface area contributed by atoms with Gasteiger partial charge in [-0.1, -0.05) is 30.3 Å². The molecule has 0 spiro atoms. The standard InChI is InChI=1S/C10H13N3OS/c1-13(10(11)14)12-9(15-2)8-6-4-3-5-7-8/h3-7H,1-2H3,(H2,11,14)/b12-9+. The van der Waals surface area contributed by atoms with E-state index in [4.69, 9.17) is 5.73 Å². The van der Waals surface area contributed by atoms with Crippen molar-refractivity contribution in [1.29, 1.82) is 0 Å². The molecule has 1 aromatic carbocycles. The topological polar surface area (TPSA) is 58.7 Å². The van der Waals surface area contributed by atoms with E-state index in [0.717, 1.165) is 15.6 Å². The van der Waals surface area contributed by atoms with Crippen molar-refractivity contribution in [1.82, 2.24) is 5.01 Å². The first-order valence-corrected chi connectivity index (χ1v) is 5.59. The molecule has 5 heteroatoms. The zero-order valence-electron chi connectivity index (χ0n) is 8.68. The Morgan fingerprint density at radius 3 is 2.47 bits per heavy atom. The summed E-state index contributed by atoms with van der Waals surface area (Å²) in [7, 11) is 1.53. The molecule has 0 aliphatic rings. The van der Waals surface area contributed by atoms with Crippen LogP contribution in [0.5, 0.6) is 0 Å². The lowest BCUT2D eigenvalue weighted by atomic mass is 10.2. The molecule has 0 aliphatic heterocycles. The Balaban J connectivity index is 2.94. The van der Waals surface area contributed by atoms with Crippen molar-refractivity contribution in [3.05, 3.63) is 35.9 Å². The second-order valence-corrected chi connectivity index (χ2v) is 3.63. The Bertz CT molecular complexity index is 364. The minimum atomic E-state index is -0.572. The molecule has 0 bridgehead atoms. The Labute approximate surface area is 93.1 Å². The van der Waals surface area contributed by atoms with Crippen LogP contribution >= 0.6 is 11.8 Å². The van der Waals surface area contributed by atoms with Gasteiger partial charge in [0.15, 0.2) is 0 Å². The maximum Gasteiger partial charge on any atom is 0.334 e. The van der Waals surface area contributed by atoms with E-state index in [0.29, 0.717) is 0 Å². The summed E-state index contributed by atoms with van der Waals surface area (Å²) in [5.41, 5.74) is 6.06. The van der Waals surface area contributed by atoms with Crippen LogP contribution in [-0.2, 0) is 0 Å². The summed E-state index contributed by atoms with van der Waals surface area (Å²) in [6.45, 7) is 0. The smallest absolute Gasteiger partial charge is 0.334 e. The number of carbonyl (C=O) groups is 1. The van der Waals surface area contributed by atoms with Crippen LogP contribution in [0.25, 0.3) is 0 Å². The van der Waals surface area contributed by atoms with Crippen LogP contribution in [-0.4, -0.2) is 29.4 Å². The highest BCUT2D eigenvalue weighted by molar-refractivity contribution is 8.13. The molecule has 0 radical (unpaired) electrons. The molecule has 0 heterocycles. The average molecular weight is 223 g/mol. The third-order valence-electron chi connectivity index (χ3n) is 1.77. The molecular formula is C10H13N3OS. The van der Waals surface area contributed by atoms with E-state index in [2.05, 4.69) is 5.10 Å². The second kappa shape index (κ2) is 5.41. The highest BCUT2D eigenvalue weighted by Gasteiger charge is 2.05. The van der Waals surface area contributed by atoms with Crippen molar-refractivity contribution in [2.75, 3.05) is 13.3 Å². The number of hydrazone groups is 1. The predicted octanol–water partition coefficient (Wildman–Crippen LogP) is 1.72. The fourth-order valence-corrected chi connectivity index (χ4v) is 1.56. The molecule has 0 atom stereocenters. The van der Waals surface area contributed by atoms with Gasteiger partial charge in [0.1, 0.15) is 5.04 Å². The number of hydrogen-bond donors (Lipinski definition) is 1. The number of thioether (sulfide) groups is 1. The fraction of sp³-hybridized carbons (Fsp3) is 0.200. The first-order valence-electron chi connectivity index (χ1n) is 4.36. The number of nitrogens with zero attached hydrogens (tertiary/aromatic N) is 2. The van der Waals surface area contributed by atoms with Crippen LogP contribution in [0, 0.1) is 0 Å². The van der Waals surface area contributed by atoms with Crippen LogP contribution in [0.4, 0.5) is 4.79 Å². The molecular weight excluding hydrogens is 210 g/mol. The summed E-state index contributed by atoms with van der Waals surface area (Å²) >= 11 is 1.47. The Kier molecular flexibility index (Phi) is 4.17. The zero-order chi connectivity index (χ0) is 11.3. The number of benzene rings is 1. The highest BCUT2D eigenvalue weighted by Crippen LogP contribution is 2.11. The van der Waals surface area contributed by atoms with Gasteiger partial charge in [-0.2, -0.15) is 5.10 Å². The van der Waals surface area contributed by atoms with Crippen molar-refractivity contribution in [2.24, 2.45) is 10.8 Å². The fourth-order valence-electron chi connectivity index (χ4n) is 0.983. The van der Waals surface area contributed by atoms with E-state index in [1.54, 1.807) is 0 Å². The minimum absolute atomic E-state index is 0.572. The van der Waals surface area contributed by atoms with E-state index in [1.165, 1.54) is 18.8 Å². The molecule has 1 rings (SSSR count). The largest absolute Gasteiger partial charge is 0.350 e. The molecule has 4 nitrogen and oxygen atoms in total. The van der Waals surface area contributed by atoms with Crippen molar-refractivity contribution in [3.8, 4) is 0 Å². The third-order valence-corrected chi connectivity index (χ3v) is 2.48. The van der Waals surface area contributed by atoms with E-state index >= 15 is 0 Å². The molecule has 0 unspecified atom stereocenters. The third kappa shape index (κ3) is 3.28. The van der Waals surface area contributed by atoms with Crippen LogP contribution in [0.3, 0.4) is 0 Å². The molecule has 1 aromatic rings. The number of primary amides is 1. The van der Waals surface area contributed by atoms with Gasteiger partial charge >= 0.3 is 6.03 Å². The molecule has 0 aromatic heterocycles. The van der Waals surface area contributed by atoms with Gasteiger partial charge in [0.25, 0.3) is 0 Å². The summed E-state index contributed by atoms with van der Waals surface area (Å²) in [5, 5.41) is 5.99. The first-order chi connectivity index (χ1) is 7.15. The van der Waals surface area contributed by atoms with E-state index in [1.807, 2.05) is 36.6 Å². The normalized spacial score (nSPS) is 11.2. The van der Waals surface area contributed by atoms with Gasteiger partial charge in [-0.15, -0.1) is 11.8 Å². The highest BCUT2D eigenvalue weighted by atomic mass is 32.2. The molecule has 2 N–H and O–H groups in total. The molecule has 0 saturated carbocycles. The first kappa shape index (κ1) is 11.6. The Morgan fingerprint density at radius 1 is 1.40 bits per heavy atom. The SMILES string of the molecule is CS/C(=N/N(C)C(N)=O)c1ccccc1. The van der Waals surface area contributed by atoms with E-state index in [9.17, 15) is 4.79 Å². The van der Waals surface area contributed by atoms with Crippen molar-refractivity contribution in [3.63, 3.8) is 0 Å². The summed E-state index contributed by atoms with van der Waals surface area (Å²) in [6.07, 6.45) is 1.90. The van der Waals surface area contributed by atoms with Crippen molar-refractivity contribution >= 4 is 22.8 Å². The minimum Gasteiger partial charge on any atom is -0.350 e. The van der Waals surface area contributed by atoms with Gasteiger partial charge < -0.3 is 5.73 Å². The van der Waals surface area contributed by atoms with E-state index < -0.39 is 6.03 Å². The second-order valence-electron chi connectivity index (χ2n) is 2.84. The summed E-state index contributed by atoms with van der Waals surface area (Å²) in [5.74, 6) is 0. The zero-order valence-corrected chi connectivity index (χ0v) is 9.49. The monoisotopic (exact) mass is 223 g/mol. The van der Waals surface area contributed by atoms with Gasteiger partial charge in [-0.05, 0) is 6.26 Å². The van der Waals surface area contributed by atoms with Gasteiger partial charge in [0.05, 0.1) is 0 Å². The number of hydrogen-bond acceptors (Lipinski definition) is 3. The molecule has 2 amide bonds. The van der Waals surface area contributed by atoms with Crippen LogP contribution < -0.4 is 5.73 Å². The van der Waals surface area contributed by atoms with Gasteiger partial charge in [-0.3, -0.25) is 0 Å². The number of rotatable bonds is 2. The van der Waals surface area contributed by atoms with Crippen molar-refractivity contribution in [2.45, 2.75) is 0 Å². The summed E-state index contributed by atoms with van der Waals surface area (Å²) in [6, 6.07) is 9.07. The molecule has 0 aliphatic carbocycles. The van der Waals surface area contributed by atoms with Crippen LogP contribution in [0.1, 0.15) is 5.56 Å². The van der Waals surface area contributed by atoms with Gasteiger partial charge in [0, 0.05) is 12.6 Å². The maximum absolute atomic E-state index is 10.8. The molecule has 0 fully saturated rings. The quantitative estimate of drug-likeness (QED) is 0.471. The predicted molar refractivity (Wildman–Crippen MR) is 63.8 cm³/mol. The van der Waals surface area contributed by atoms with Crippen molar-refractivity contribution < 1.29 is 4.79 Å². The summed E-state index contributed by atoms with van der Waals surface area (Å²) < 4.78 is 0. The number of urea groups is 1. The average Bonchev–Trinajstić information content (AvgIpc) is 2.26. The molecule has 0 saturated heterocycles. The number of nitrogens with two attached hydrogens (primary N) is 1. The lowest BCUT2D eigenvalue weighted by Gasteiger charge is -2.10. The van der Waals surface area contributed by atoms with Crippen LogP contribution in [0.15, 0.2) is 35.4 Å². The van der Waals surface area contributed by atoms with Gasteiger partial charge in [-0.25, -0.2) is 9.80 Å². The Hall–Kier alpha value is -1.49. The number of amides is 2. The lowest BCUT2D eigenvalue weighted by molar-refractivity contribution is 0.220.